The summed E-state index contributed by atoms with van der Waals surface area (Å²) in [6, 6.07) is 6.11. The molecule has 2 atom stereocenters. The fourth-order valence-electron chi connectivity index (χ4n) is 3.69. The molecule has 1 aliphatic rings. The third-order valence-corrected chi connectivity index (χ3v) is 6.02. The van der Waals surface area contributed by atoms with E-state index < -0.39 is 0 Å². The molecule has 5 rings (SSSR count). The number of aromatic nitrogens is 6. The third-order valence-electron chi connectivity index (χ3n) is 5.08. The van der Waals surface area contributed by atoms with Crippen LogP contribution in [0.5, 0.6) is 0 Å². The van der Waals surface area contributed by atoms with Crippen molar-refractivity contribution < 1.29 is 4.79 Å². The van der Waals surface area contributed by atoms with Gasteiger partial charge in [0.05, 0.1) is 27.1 Å². The van der Waals surface area contributed by atoms with Crippen LogP contribution in [0.25, 0.3) is 27.1 Å². The smallest absolute Gasteiger partial charge is 0.225 e. The van der Waals surface area contributed by atoms with Gasteiger partial charge in [-0.2, -0.15) is 9.67 Å². The van der Waals surface area contributed by atoms with Gasteiger partial charge in [-0.3, -0.25) is 4.79 Å². The van der Waals surface area contributed by atoms with Crippen molar-refractivity contribution in [1.82, 2.24) is 29.9 Å². The number of carbonyl (C=O) groups is 1. The highest BCUT2D eigenvalue weighted by atomic mass is 32.1. The summed E-state index contributed by atoms with van der Waals surface area (Å²) < 4.78 is 2.80. The van der Waals surface area contributed by atoms with E-state index in [-0.39, 0.29) is 17.9 Å². The van der Waals surface area contributed by atoms with Gasteiger partial charge in [-0.1, -0.05) is 5.21 Å². The maximum absolute atomic E-state index is 11.4. The van der Waals surface area contributed by atoms with Gasteiger partial charge in [0, 0.05) is 12.0 Å². The number of nitrogens with one attached hydrogen (secondary N) is 1. The molecule has 28 heavy (non-hydrogen) atoms. The Morgan fingerprint density at radius 1 is 1.29 bits per heavy atom. The van der Waals surface area contributed by atoms with E-state index in [4.69, 9.17) is 5.73 Å². The van der Waals surface area contributed by atoms with E-state index in [0.717, 1.165) is 33.8 Å². The zero-order valence-electron chi connectivity index (χ0n) is 15.2. The van der Waals surface area contributed by atoms with Crippen LogP contribution < -0.4 is 11.1 Å². The summed E-state index contributed by atoms with van der Waals surface area (Å²) in [5.41, 5.74) is 8.51. The first-order valence-corrected chi connectivity index (χ1v) is 9.90. The Kier molecular flexibility index (Phi) is 3.93. The van der Waals surface area contributed by atoms with Crippen LogP contribution in [0.4, 0.5) is 5.95 Å². The first-order chi connectivity index (χ1) is 13.6. The fourth-order valence-corrected chi connectivity index (χ4v) is 4.55. The molecule has 3 heterocycles. The van der Waals surface area contributed by atoms with Crippen LogP contribution in [-0.2, 0) is 4.79 Å². The summed E-state index contributed by atoms with van der Waals surface area (Å²) in [4.78, 5) is 24.8. The van der Waals surface area contributed by atoms with Gasteiger partial charge in [-0.25, -0.2) is 9.97 Å². The number of primary amides is 1. The molecule has 9 nitrogen and oxygen atoms in total. The van der Waals surface area contributed by atoms with Crippen molar-refractivity contribution in [2.24, 2.45) is 11.7 Å². The highest BCUT2D eigenvalue weighted by Gasteiger charge is 2.28. The van der Waals surface area contributed by atoms with Crippen LogP contribution in [0, 0.1) is 12.8 Å². The van der Waals surface area contributed by atoms with E-state index in [1.807, 2.05) is 25.1 Å². The highest BCUT2D eigenvalue weighted by molar-refractivity contribution is 7.18. The molecule has 142 valence electrons. The van der Waals surface area contributed by atoms with Crippen LogP contribution in [-0.4, -0.2) is 41.9 Å². The maximum atomic E-state index is 11.4. The molecule has 1 fully saturated rings. The molecule has 0 unspecified atom stereocenters. The predicted molar refractivity (Wildman–Crippen MR) is 106 cm³/mol. The summed E-state index contributed by atoms with van der Waals surface area (Å²) >= 11 is 1.64. The normalized spacial score (nSPS) is 19.5. The minimum Gasteiger partial charge on any atom is -0.369 e. The monoisotopic (exact) mass is 394 g/mol. The number of thiazole rings is 1. The number of amides is 1. The van der Waals surface area contributed by atoms with Crippen LogP contribution in [0.3, 0.4) is 0 Å². The van der Waals surface area contributed by atoms with Gasteiger partial charge < -0.3 is 11.1 Å². The lowest BCUT2D eigenvalue weighted by atomic mass is 10.1. The summed E-state index contributed by atoms with van der Waals surface area (Å²) in [6.07, 6.45) is 4.02. The van der Waals surface area contributed by atoms with Gasteiger partial charge in [0.25, 0.3) is 0 Å². The number of nitrogens with two attached hydrogens (primary N) is 1. The van der Waals surface area contributed by atoms with E-state index in [1.54, 1.807) is 22.2 Å². The molecule has 1 saturated carbocycles. The minimum atomic E-state index is -0.239. The number of hydrogen-bond donors (Lipinski definition) is 2. The predicted octanol–water partition coefficient (Wildman–Crippen LogP) is 2.19. The second-order valence-corrected chi connectivity index (χ2v) is 8.28. The molecule has 3 N–H and O–H groups in total. The molecule has 1 aromatic carbocycles. The Bertz CT molecular complexity index is 1200. The topological polar surface area (TPSA) is 124 Å². The molecule has 0 spiro atoms. The van der Waals surface area contributed by atoms with Gasteiger partial charge in [-0.05, 0) is 44.4 Å². The summed E-state index contributed by atoms with van der Waals surface area (Å²) in [6.45, 7) is 1.99. The SMILES string of the molecule is Cc1nc2ccc(-n3nnc4cnc(N[C@@H]5CC[C@@H](C(N)=O)C5)nc43)cc2s1. The third kappa shape index (κ3) is 2.95. The highest BCUT2D eigenvalue weighted by Crippen LogP contribution is 2.28. The van der Waals surface area contributed by atoms with Crippen molar-refractivity contribution in [1.29, 1.82) is 0 Å². The summed E-state index contributed by atoms with van der Waals surface area (Å²) in [7, 11) is 0. The van der Waals surface area contributed by atoms with E-state index in [9.17, 15) is 4.79 Å². The van der Waals surface area contributed by atoms with Crippen molar-refractivity contribution in [2.45, 2.75) is 32.2 Å². The first-order valence-electron chi connectivity index (χ1n) is 9.09. The molecule has 0 aliphatic heterocycles. The van der Waals surface area contributed by atoms with Gasteiger partial charge >= 0.3 is 0 Å². The summed E-state index contributed by atoms with van der Waals surface area (Å²) in [5.74, 6) is 0.181. The lowest BCUT2D eigenvalue weighted by Crippen LogP contribution is -2.23. The second-order valence-electron chi connectivity index (χ2n) is 7.04. The van der Waals surface area contributed by atoms with Gasteiger partial charge in [0.15, 0.2) is 11.2 Å². The zero-order chi connectivity index (χ0) is 19.3. The fraction of sp³-hybridized carbons (Fsp3) is 0.333. The first kappa shape index (κ1) is 17.0. The minimum absolute atomic E-state index is 0.0805. The Balaban J connectivity index is 1.47. The van der Waals surface area contributed by atoms with E-state index in [2.05, 4.69) is 30.6 Å². The quantitative estimate of drug-likeness (QED) is 0.543. The molecule has 4 aromatic rings. The number of fused-ring (bicyclic) bond motifs is 2. The van der Waals surface area contributed by atoms with E-state index >= 15 is 0 Å². The molecule has 1 amide bonds. The van der Waals surface area contributed by atoms with Gasteiger partial charge in [-0.15, -0.1) is 16.4 Å². The Morgan fingerprint density at radius 3 is 3.00 bits per heavy atom. The number of aryl methyl sites for hydroxylation is 1. The lowest BCUT2D eigenvalue weighted by Gasteiger charge is -2.12. The molecule has 0 bridgehead atoms. The molecule has 1 aliphatic carbocycles. The average molecular weight is 394 g/mol. The number of rotatable bonds is 4. The van der Waals surface area contributed by atoms with Crippen LogP contribution in [0.15, 0.2) is 24.4 Å². The standard InChI is InChI=1S/C18H18N8OS/c1-9-21-13-5-4-12(7-15(13)28-9)26-17-14(24-25-26)8-20-18(23-17)22-11-3-2-10(6-11)16(19)27/h4-5,7-8,10-11H,2-3,6H2,1H3,(H2,19,27)(H,20,22,23)/t10-,11-/m1/s1. The molecule has 0 radical (unpaired) electrons. The van der Waals surface area contributed by atoms with Gasteiger partial charge in [0.2, 0.25) is 11.9 Å². The van der Waals surface area contributed by atoms with Crippen molar-refractivity contribution >= 4 is 44.6 Å². The van der Waals surface area contributed by atoms with Crippen molar-refractivity contribution in [3.63, 3.8) is 0 Å². The number of hydrogen-bond acceptors (Lipinski definition) is 8. The number of benzene rings is 1. The maximum Gasteiger partial charge on any atom is 0.225 e. The second kappa shape index (κ2) is 6.48. The number of anilines is 1. The Labute approximate surface area is 164 Å². The number of carbonyl (C=O) groups excluding carboxylic acids is 1. The molecular formula is C18H18N8OS. The van der Waals surface area contributed by atoms with Gasteiger partial charge in [0.1, 0.15) is 0 Å². The molecule has 3 aromatic heterocycles. The Hall–Kier alpha value is -3.14. The van der Waals surface area contributed by atoms with Crippen molar-refractivity contribution in [2.75, 3.05) is 5.32 Å². The average Bonchev–Trinajstić information content (AvgIpc) is 3.38. The van der Waals surface area contributed by atoms with Crippen LogP contribution >= 0.6 is 11.3 Å². The molecular weight excluding hydrogens is 376 g/mol. The molecule has 10 heteroatoms. The lowest BCUT2D eigenvalue weighted by molar-refractivity contribution is -0.121. The Morgan fingerprint density at radius 2 is 2.18 bits per heavy atom. The van der Waals surface area contributed by atoms with Crippen molar-refractivity contribution in [3.05, 3.63) is 29.4 Å². The van der Waals surface area contributed by atoms with Crippen LogP contribution in [0.2, 0.25) is 0 Å². The van der Waals surface area contributed by atoms with E-state index in [0.29, 0.717) is 23.5 Å². The zero-order valence-corrected chi connectivity index (χ0v) is 16.0. The van der Waals surface area contributed by atoms with Crippen molar-refractivity contribution in [3.8, 4) is 5.69 Å². The molecule has 0 saturated heterocycles. The van der Waals surface area contributed by atoms with E-state index in [1.165, 1.54) is 0 Å². The number of nitrogens with zero attached hydrogens (tertiary/aromatic N) is 6. The summed E-state index contributed by atoms with van der Waals surface area (Å²) in [5, 5.41) is 12.8. The van der Waals surface area contributed by atoms with Crippen LogP contribution in [0.1, 0.15) is 24.3 Å². The largest absolute Gasteiger partial charge is 0.369 e.